The Morgan fingerprint density at radius 1 is 1.46 bits per heavy atom. The van der Waals surface area contributed by atoms with Gasteiger partial charge in [0.2, 0.25) is 0 Å². The highest BCUT2D eigenvalue weighted by Gasteiger charge is 2.36. The molecule has 0 aliphatic carbocycles. The number of aliphatic hydroxyl groups excluding tert-OH is 2. The van der Waals surface area contributed by atoms with E-state index in [0.717, 1.165) is 17.9 Å². The Hall–Kier alpha value is -1.27. The maximum absolute atomic E-state index is 12.3. The largest absolute Gasteiger partial charge is 0.441 e. The third-order valence-electron chi connectivity index (χ3n) is 4.50. The first-order valence-corrected chi connectivity index (χ1v) is 11.2. The highest BCUT2D eigenvalue weighted by Crippen LogP contribution is 2.39. The summed E-state index contributed by atoms with van der Waals surface area (Å²) in [5, 5.41) is 21.4. The molecule has 2 aliphatic heterocycles. The number of ether oxygens (including phenoxy) is 2. The number of nitrogens with one attached hydrogen (secondary N) is 1. The minimum Gasteiger partial charge on any atom is -0.441 e. The predicted molar refractivity (Wildman–Crippen MR) is 108 cm³/mol. The third-order valence-corrected chi connectivity index (χ3v) is 8.11. The van der Waals surface area contributed by atoms with Crippen LogP contribution in [0.5, 0.6) is 0 Å². The first-order chi connectivity index (χ1) is 13.3. The maximum atomic E-state index is 12.3. The molecule has 1 aromatic rings. The molecule has 9 nitrogen and oxygen atoms in total. The molecule has 3 rings (SSSR count). The van der Waals surface area contributed by atoms with E-state index in [4.69, 9.17) is 14.6 Å². The molecule has 0 radical (unpaired) electrons. The molecule has 28 heavy (non-hydrogen) atoms. The smallest absolute Gasteiger partial charge is 0.413 e. The fraction of sp³-hybridized carbons (Fsp3) is 0.706. The third kappa shape index (κ3) is 5.01. The van der Waals surface area contributed by atoms with Crippen molar-refractivity contribution < 1.29 is 24.5 Å². The number of aromatic nitrogens is 2. The topological polar surface area (TPSA) is 123 Å². The molecule has 2 aliphatic rings. The molecule has 1 aromatic heterocycles. The van der Waals surface area contributed by atoms with Gasteiger partial charge in [0.1, 0.15) is 23.8 Å². The molecule has 2 fully saturated rings. The van der Waals surface area contributed by atoms with Crippen LogP contribution in [0.3, 0.4) is 0 Å². The van der Waals surface area contributed by atoms with Crippen molar-refractivity contribution >= 4 is 35.4 Å². The maximum Gasteiger partial charge on any atom is 0.413 e. The zero-order valence-electron chi connectivity index (χ0n) is 15.7. The number of rotatable bonds is 5. The van der Waals surface area contributed by atoms with Gasteiger partial charge >= 0.3 is 11.8 Å². The van der Waals surface area contributed by atoms with Crippen LogP contribution in [-0.4, -0.2) is 66.4 Å². The molecule has 0 spiro atoms. The average Bonchev–Trinajstić information content (AvgIpc) is 3.02. The second-order valence-electron chi connectivity index (χ2n) is 7.16. The summed E-state index contributed by atoms with van der Waals surface area (Å²) in [4.78, 5) is 28.4. The van der Waals surface area contributed by atoms with Gasteiger partial charge in [-0.1, -0.05) is 0 Å². The van der Waals surface area contributed by atoms with Gasteiger partial charge in [0, 0.05) is 12.6 Å². The summed E-state index contributed by atoms with van der Waals surface area (Å²) in [6.07, 6.45) is -0.224. The van der Waals surface area contributed by atoms with Crippen LogP contribution >= 0.6 is 23.5 Å². The van der Waals surface area contributed by atoms with Crippen molar-refractivity contribution in [3.63, 3.8) is 0 Å². The van der Waals surface area contributed by atoms with Gasteiger partial charge in [0.15, 0.2) is 0 Å². The number of hydrogen-bond acceptors (Lipinski definition) is 9. The van der Waals surface area contributed by atoms with Crippen molar-refractivity contribution in [3.05, 3.63) is 22.7 Å². The van der Waals surface area contributed by atoms with E-state index in [2.05, 4.69) is 10.3 Å². The van der Waals surface area contributed by atoms with E-state index in [9.17, 15) is 14.7 Å². The first kappa shape index (κ1) is 21.4. The van der Waals surface area contributed by atoms with Crippen LogP contribution in [0.1, 0.15) is 32.9 Å². The van der Waals surface area contributed by atoms with Crippen LogP contribution in [0.15, 0.2) is 17.1 Å². The van der Waals surface area contributed by atoms with E-state index in [1.807, 2.05) is 13.8 Å². The minimum atomic E-state index is -0.854. The predicted octanol–water partition coefficient (Wildman–Crippen LogP) is 1.41. The standard InChI is InChI=1S/C17H25N3O6S2/c1-17(2,14-27-6-3-7-28-14)26-16(24)19-12-4-5-20(15(23)18-12)13-8-10(22)11(9-21)25-13/h4-5,10-11,13-14,21-22H,3,6-9H2,1-2H3,(H,18,19,23,24)/t10?,11?,13-/m1/s1. The number of anilines is 1. The summed E-state index contributed by atoms with van der Waals surface area (Å²) >= 11 is 3.55. The summed E-state index contributed by atoms with van der Waals surface area (Å²) in [5.74, 6) is 2.16. The molecular weight excluding hydrogens is 406 g/mol. The summed E-state index contributed by atoms with van der Waals surface area (Å²) in [7, 11) is 0. The van der Waals surface area contributed by atoms with E-state index in [0.29, 0.717) is 0 Å². The first-order valence-electron chi connectivity index (χ1n) is 9.07. The Morgan fingerprint density at radius 2 is 2.18 bits per heavy atom. The van der Waals surface area contributed by atoms with Crippen molar-refractivity contribution in [2.24, 2.45) is 0 Å². The summed E-state index contributed by atoms with van der Waals surface area (Å²) in [6, 6.07) is 1.46. The van der Waals surface area contributed by atoms with Crippen LogP contribution in [-0.2, 0) is 9.47 Å². The van der Waals surface area contributed by atoms with Gasteiger partial charge in [0.05, 0.1) is 17.3 Å². The molecule has 11 heteroatoms. The van der Waals surface area contributed by atoms with Gasteiger partial charge < -0.3 is 19.7 Å². The van der Waals surface area contributed by atoms with Crippen molar-refractivity contribution in [1.82, 2.24) is 9.55 Å². The van der Waals surface area contributed by atoms with E-state index in [1.54, 1.807) is 23.5 Å². The van der Waals surface area contributed by atoms with Gasteiger partial charge in [0.25, 0.3) is 0 Å². The molecule has 0 saturated carbocycles. The molecule has 3 atom stereocenters. The lowest BCUT2D eigenvalue weighted by Gasteiger charge is -2.35. The summed E-state index contributed by atoms with van der Waals surface area (Å²) in [6.45, 7) is 3.40. The lowest BCUT2D eigenvalue weighted by atomic mass is 10.2. The lowest BCUT2D eigenvalue weighted by Crippen LogP contribution is -2.40. The Bertz CT molecular complexity index is 753. The van der Waals surface area contributed by atoms with Crippen molar-refractivity contribution in [2.75, 3.05) is 23.4 Å². The number of thioether (sulfide) groups is 2. The van der Waals surface area contributed by atoms with Crippen molar-refractivity contribution in [2.45, 2.75) is 55.3 Å². The Kier molecular flexibility index (Phi) is 6.92. The van der Waals surface area contributed by atoms with E-state index in [-0.39, 0.29) is 23.4 Å². The van der Waals surface area contributed by atoms with Crippen molar-refractivity contribution in [1.29, 1.82) is 0 Å². The fourth-order valence-electron chi connectivity index (χ4n) is 3.06. The molecule has 2 saturated heterocycles. The van der Waals surface area contributed by atoms with Gasteiger partial charge in [-0.3, -0.25) is 9.88 Å². The Morgan fingerprint density at radius 3 is 2.79 bits per heavy atom. The highest BCUT2D eigenvalue weighted by molar-refractivity contribution is 8.17. The molecule has 0 bridgehead atoms. The molecule has 3 heterocycles. The second-order valence-corrected chi connectivity index (χ2v) is 9.89. The number of hydrogen-bond donors (Lipinski definition) is 3. The van der Waals surface area contributed by atoms with Gasteiger partial charge in [-0.25, -0.2) is 9.59 Å². The molecule has 3 N–H and O–H groups in total. The second kappa shape index (κ2) is 9.04. The monoisotopic (exact) mass is 431 g/mol. The number of nitrogens with zero attached hydrogens (tertiary/aromatic N) is 2. The van der Waals surface area contributed by atoms with Crippen LogP contribution in [0.2, 0.25) is 0 Å². The van der Waals surface area contributed by atoms with Crippen LogP contribution in [0.4, 0.5) is 10.6 Å². The van der Waals surface area contributed by atoms with E-state index < -0.39 is 35.8 Å². The molecule has 156 valence electrons. The van der Waals surface area contributed by atoms with Gasteiger partial charge in [-0.2, -0.15) is 4.98 Å². The summed E-state index contributed by atoms with van der Waals surface area (Å²) < 4.78 is 12.4. The molecule has 2 unspecified atom stereocenters. The van der Waals surface area contributed by atoms with Crippen LogP contribution in [0, 0.1) is 0 Å². The molecule has 0 aromatic carbocycles. The lowest BCUT2D eigenvalue weighted by molar-refractivity contribution is -0.0458. The Balaban J connectivity index is 1.61. The van der Waals surface area contributed by atoms with Crippen LogP contribution < -0.4 is 11.0 Å². The van der Waals surface area contributed by atoms with Crippen LogP contribution in [0.25, 0.3) is 0 Å². The van der Waals surface area contributed by atoms with E-state index in [1.165, 1.54) is 16.8 Å². The fourth-order valence-corrected chi connectivity index (χ4v) is 6.15. The molecule has 1 amide bonds. The van der Waals surface area contributed by atoms with Gasteiger partial charge in [-0.05, 0) is 37.8 Å². The summed E-state index contributed by atoms with van der Waals surface area (Å²) in [5.41, 5.74) is -1.30. The SMILES string of the molecule is CC(C)(OC(=O)Nc1ccn([C@H]2CC(O)C(CO)O2)c(=O)n1)C1SCCCS1. The number of aliphatic hydroxyl groups is 2. The zero-order chi connectivity index (χ0) is 20.3. The number of carbonyl (C=O) groups is 1. The Labute approximate surface area is 171 Å². The number of amides is 1. The van der Waals surface area contributed by atoms with Crippen molar-refractivity contribution in [3.8, 4) is 0 Å². The zero-order valence-corrected chi connectivity index (χ0v) is 17.4. The van der Waals surface area contributed by atoms with E-state index >= 15 is 0 Å². The number of carbonyl (C=O) groups excluding carboxylic acids is 1. The minimum absolute atomic E-state index is 0.0725. The quantitative estimate of drug-likeness (QED) is 0.635. The highest BCUT2D eigenvalue weighted by atomic mass is 32.2. The average molecular weight is 432 g/mol. The van der Waals surface area contributed by atoms with Gasteiger partial charge in [-0.15, -0.1) is 23.5 Å². The normalized spacial score (nSPS) is 26.2. The molecular formula is C17H25N3O6S2.